The van der Waals surface area contributed by atoms with E-state index in [-0.39, 0.29) is 11.6 Å². The standard InChI is InChI=1S/C12H19N3O4/c1-5-8-11(15(18)19)9(6-2)14(13-8)10(7(3)4)12(16)17/h7,10H,5-6H2,1-4H3,(H,16,17). The molecule has 0 aliphatic rings. The maximum atomic E-state index is 11.4. The van der Waals surface area contributed by atoms with Crippen molar-refractivity contribution < 1.29 is 14.8 Å². The van der Waals surface area contributed by atoms with Gasteiger partial charge in [0.15, 0.2) is 6.04 Å². The molecule has 0 saturated heterocycles. The second kappa shape index (κ2) is 5.81. The van der Waals surface area contributed by atoms with Crippen LogP contribution in [-0.4, -0.2) is 25.8 Å². The van der Waals surface area contributed by atoms with Gasteiger partial charge in [-0.15, -0.1) is 0 Å². The third-order valence-electron chi connectivity index (χ3n) is 3.05. The van der Waals surface area contributed by atoms with Gasteiger partial charge >= 0.3 is 11.7 Å². The van der Waals surface area contributed by atoms with E-state index in [0.717, 1.165) is 0 Å². The lowest BCUT2D eigenvalue weighted by Crippen LogP contribution is -2.26. The SMILES string of the molecule is CCc1nn(C(C(=O)O)C(C)C)c(CC)c1[N+](=O)[O-]. The van der Waals surface area contributed by atoms with Gasteiger partial charge in [-0.3, -0.25) is 10.1 Å². The van der Waals surface area contributed by atoms with E-state index < -0.39 is 16.9 Å². The van der Waals surface area contributed by atoms with Gasteiger partial charge in [0.05, 0.1) is 4.92 Å². The van der Waals surface area contributed by atoms with Crippen LogP contribution in [-0.2, 0) is 17.6 Å². The van der Waals surface area contributed by atoms with Gasteiger partial charge in [-0.25, -0.2) is 9.48 Å². The summed E-state index contributed by atoms with van der Waals surface area (Å²) in [6.45, 7) is 7.05. The van der Waals surface area contributed by atoms with Crippen LogP contribution in [0.2, 0.25) is 0 Å². The Balaban J connectivity index is 3.51. The van der Waals surface area contributed by atoms with E-state index in [2.05, 4.69) is 5.10 Å². The average molecular weight is 269 g/mol. The van der Waals surface area contributed by atoms with Gasteiger partial charge in [-0.05, 0) is 18.8 Å². The van der Waals surface area contributed by atoms with Gasteiger partial charge in [-0.2, -0.15) is 5.10 Å². The van der Waals surface area contributed by atoms with E-state index in [1.54, 1.807) is 27.7 Å². The van der Waals surface area contributed by atoms with E-state index in [4.69, 9.17) is 0 Å². The number of hydrogen-bond donors (Lipinski definition) is 1. The number of carbonyl (C=O) groups is 1. The fourth-order valence-corrected chi connectivity index (χ4v) is 2.19. The van der Waals surface area contributed by atoms with Crippen molar-refractivity contribution in [1.82, 2.24) is 9.78 Å². The van der Waals surface area contributed by atoms with E-state index >= 15 is 0 Å². The number of aromatic nitrogens is 2. The molecule has 0 spiro atoms. The molecule has 1 atom stereocenters. The highest BCUT2D eigenvalue weighted by molar-refractivity contribution is 5.72. The lowest BCUT2D eigenvalue weighted by atomic mass is 10.0. The van der Waals surface area contributed by atoms with Crippen LogP contribution in [0.25, 0.3) is 0 Å². The van der Waals surface area contributed by atoms with Crippen molar-refractivity contribution in [3.05, 3.63) is 21.5 Å². The monoisotopic (exact) mass is 269 g/mol. The van der Waals surface area contributed by atoms with Crippen LogP contribution < -0.4 is 0 Å². The molecule has 1 aromatic heterocycles. The highest BCUT2D eigenvalue weighted by Gasteiger charge is 2.33. The van der Waals surface area contributed by atoms with Crippen molar-refractivity contribution in [3.8, 4) is 0 Å². The molecule has 1 rings (SSSR count). The zero-order valence-corrected chi connectivity index (χ0v) is 11.6. The van der Waals surface area contributed by atoms with Crippen LogP contribution in [0.4, 0.5) is 5.69 Å². The average Bonchev–Trinajstić information content (AvgIpc) is 2.66. The molecule has 1 aromatic rings. The molecule has 1 heterocycles. The summed E-state index contributed by atoms with van der Waals surface area (Å²) in [5.41, 5.74) is 0.675. The number of aryl methyl sites for hydroxylation is 1. The Labute approximate surface area is 111 Å². The lowest BCUT2D eigenvalue weighted by Gasteiger charge is -2.18. The normalized spacial score (nSPS) is 12.7. The zero-order valence-electron chi connectivity index (χ0n) is 11.6. The largest absolute Gasteiger partial charge is 0.480 e. The van der Waals surface area contributed by atoms with Crippen molar-refractivity contribution in [2.75, 3.05) is 0 Å². The highest BCUT2D eigenvalue weighted by Crippen LogP contribution is 2.29. The molecule has 106 valence electrons. The molecule has 0 bridgehead atoms. The number of nitrogens with zero attached hydrogens (tertiary/aromatic N) is 3. The fraction of sp³-hybridized carbons (Fsp3) is 0.667. The molecule has 0 aliphatic heterocycles. The molecular formula is C12H19N3O4. The smallest absolute Gasteiger partial charge is 0.328 e. The number of aliphatic carboxylic acids is 1. The molecule has 0 amide bonds. The minimum absolute atomic E-state index is 0.0445. The quantitative estimate of drug-likeness (QED) is 0.630. The second-order valence-electron chi connectivity index (χ2n) is 4.68. The van der Waals surface area contributed by atoms with Crippen LogP contribution in [0.5, 0.6) is 0 Å². The van der Waals surface area contributed by atoms with E-state index in [9.17, 15) is 20.0 Å². The molecule has 19 heavy (non-hydrogen) atoms. The molecule has 7 nitrogen and oxygen atoms in total. The molecule has 0 aliphatic carbocycles. The van der Waals surface area contributed by atoms with Crippen molar-refractivity contribution in [2.45, 2.75) is 46.6 Å². The first kappa shape index (κ1) is 15.1. The Bertz CT molecular complexity index is 493. The van der Waals surface area contributed by atoms with Crippen molar-refractivity contribution >= 4 is 11.7 Å². The van der Waals surface area contributed by atoms with Crippen LogP contribution >= 0.6 is 0 Å². The number of carboxylic acid groups (broad SMARTS) is 1. The first-order chi connectivity index (χ1) is 8.84. The fourth-order valence-electron chi connectivity index (χ4n) is 2.19. The lowest BCUT2D eigenvalue weighted by molar-refractivity contribution is -0.386. The van der Waals surface area contributed by atoms with E-state index in [0.29, 0.717) is 24.2 Å². The summed E-state index contributed by atoms with van der Waals surface area (Å²) >= 11 is 0. The zero-order chi connectivity index (χ0) is 14.7. The Morgan fingerprint density at radius 2 is 2.00 bits per heavy atom. The van der Waals surface area contributed by atoms with Crippen LogP contribution in [0.3, 0.4) is 0 Å². The van der Waals surface area contributed by atoms with Crippen LogP contribution in [0, 0.1) is 16.0 Å². The maximum absolute atomic E-state index is 11.4. The van der Waals surface area contributed by atoms with Crippen LogP contribution in [0.15, 0.2) is 0 Å². The predicted octanol–water partition coefficient (Wildman–Crippen LogP) is 2.20. The summed E-state index contributed by atoms with van der Waals surface area (Å²) in [6, 6.07) is -0.881. The maximum Gasteiger partial charge on any atom is 0.328 e. The number of rotatable bonds is 6. The van der Waals surface area contributed by atoms with Gasteiger partial charge < -0.3 is 5.11 Å². The number of nitro groups is 1. The van der Waals surface area contributed by atoms with Gasteiger partial charge in [0, 0.05) is 0 Å². The van der Waals surface area contributed by atoms with E-state index in [1.165, 1.54) is 4.68 Å². The predicted molar refractivity (Wildman–Crippen MR) is 69.1 cm³/mol. The molecule has 0 radical (unpaired) electrons. The van der Waals surface area contributed by atoms with Gasteiger partial charge in [0.25, 0.3) is 0 Å². The molecular weight excluding hydrogens is 250 g/mol. The van der Waals surface area contributed by atoms with Gasteiger partial charge in [0.2, 0.25) is 0 Å². The summed E-state index contributed by atoms with van der Waals surface area (Å²) in [5.74, 6) is -1.23. The highest BCUT2D eigenvalue weighted by atomic mass is 16.6. The first-order valence-corrected chi connectivity index (χ1v) is 6.32. The van der Waals surface area contributed by atoms with Gasteiger partial charge in [-0.1, -0.05) is 27.7 Å². The summed E-state index contributed by atoms with van der Waals surface area (Å²) < 4.78 is 1.31. The molecule has 1 unspecified atom stereocenters. The topological polar surface area (TPSA) is 98.3 Å². The number of hydrogen-bond acceptors (Lipinski definition) is 4. The Morgan fingerprint density at radius 1 is 1.42 bits per heavy atom. The van der Waals surface area contributed by atoms with Crippen molar-refractivity contribution in [3.63, 3.8) is 0 Å². The number of carboxylic acids is 1. The molecule has 0 saturated carbocycles. The summed E-state index contributed by atoms with van der Waals surface area (Å²) in [4.78, 5) is 22.0. The van der Waals surface area contributed by atoms with E-state index in [1.807, 2.05) is 0 Å². The molecule has 1 N–H and O–H groups in total. The Morgan fingerprint density at radius 3 is 2.32 bits per heavy atom. The molecule has 0 aromatic carbocycles. The van der Waals surface area contributed by atoms with Gasteiger partial charge in [0.1, 0.15) is 11.4 Å². The summed E-state index contributed by atoms with van der Waals surface area (Å²) in [7, 11) is 0. The third kappa shape index (κ3) is 2.74. The van der Waals surface area contributed by atoms with Crippen LogP contribution in [0.1, 0.15) is 45.1 Å². The Hall–Kier alpha value is -1.92. The minimum Gasteiger partial charge on any atom is -0.480 e. The van der Waals surface area contributed by atoms with Crippen molar-refractivity contribution in [2.24, 2.45) is 5.92 Å². The molecule has 7 heteroatoms. The minimum atomic E-state index is -1.02. The summed E-state index contributed by atoms with van der Waals surface area (Å²) in [5, 5.41) is 24.6. The molecule has 0 fully saturated rings. The third-order valence-corrected chi connectivity index (χ3v) is 3.05. The summed E-state index contributed by atoms with van der Waals surface area (Å²) in [6.07, 6.45) is 0.778. The Kier molecular flexibility index (Phi) is 4.63. The second-order valence-corrected chi connectivity index (χ2v) is 4.68. The first-order valence-electron chi connectivity index (χ1n) is 6.32. The van der Waals surface area contributed by atoms with Crippen molar-refractivity contribution in [1.29, 1.82) is 0 Å².